The van der Waals surface area contributed by atoms with E-state index in [1.165, 1.54) is 24.8 Å². The third-order valence-electron chi connectivity index (χ3n) is 4.36. The fourth-order valence-electron chi connectivity index (χ4n) is 3.42. The molecule has 4 nitrogen and oxygen atoms in total. The van der Waals surface area contributed by atoms with Crippen molar-refractivity contribution in [2.24, 2.45) is 11.0 Å². The van der Waals surface area contributed by atoms with Gasteiger partial charge in [-0.1, -0.05) is 35.4 Å². The van der Waals surface area contributed by atoms with E-state index >= 15 is 0 Å². The molecule has 94 valence electrons. The summed E-state index contributed by atoms with van der Waals surface area (Å²) in [6, 6.07) is 11.4. The predicted octanol–water partition coefficient (Wildman–Crippen LogP) is 3.35. The van der Waals surface area contributed by atoms with Crippen molar-refractivity contribution in [1.82, 2.24) is 4.90 Å². The van der Waals surface area contributed by atoms with Crippen LogP contribution in [0.5, 0.6) is 0 Å². The second kappa shape index (κ2) is 5.01. The average molecular weight is 242 g/mol. The van der Waals surface area contributed by atoms with Gasteiger partial charge in [0.15, 0.2) is 0 Å². The third kappa shape index (κ3) is 2.22. The zero-order valence-corrected chi connectivity index (χ0v) is 10.4. The van der Waals surface area contributed by atoms with Crippen LogP contribution in [0.3, 0.4) is 0 Å². The summed E-state index contributed by atoms with van der Waals surface area (Å²) in [7, 11) is 0. The lowest BCUT2D eigenvalue weighted by Crippen LogP contribution is -2.44. The van der Waals surface area contributed by atoms with Crippen molar-refractivity contribution in [3.63, 3.8) is 0 Å². The number of benzene rings is 1. The van der Waals surface area contributed by atoms with Gasteiger partial charge in [-0.25, -0.2) is 0 Å². The Hall–Kier alpha value is -1.51. The highest BCUT2D eigenvalue weighted by molar-refractivity contribution is 5.15. The second-order valence-corrected chi connectivity index (χ2v) is 5.41. The lowest BCUT2D eigenvalue weighted by molar-refractivity contribution is 0.131. The summed E-state index contributed by atoms with van der Waals surface area (Å²) >= 11 is 0. The van der Waals surface area contributed by atoms with E-state index in [4.69, 9.17) is 5.53 Å². The maximum absolute atomic E-state index is 8.66. The SMILES string of the molecule is [N-]=[N+]=NC1CN(Cc2ccccc2)C2CCC1C2. The summed E-state index contributed by atoms with van der Waals surface area (Å²) in [6.45, 7) is 1.91. The molecule has 0 aromatic heterocycles. The van der Waals surface area contributed by atoms with Crippen LogP contribution < -0.4 is 0 Å². The van der Waals surface area contributed by atoms with Gasteiger partial charge < -0.3 is 0 Å². The third-order valence-corrected chi connectivity index (χ3v) is 4.36. The number of piperidine rings is 1. The fraction of sp³-hybridized carbons (Fsp3) is 0.571. The number of azide groups is 1. The van der Waals surface area contributed by atoms with E-state index in [9.17, 15) is 0 Å². The minimum Gasteiger partial charge on any atom is -0.296 e. The van der Waals surface area contributed by atoms with Crippen molar-refractivity contribution in [3.05, 3.63) is 46.3 Å². The van der Waals surface area contributed by atoms with Crippen molar-refractivity contribution in [2.75, 3.05) is 6.54 Å². The summed E-state index contributed by atoms with van der Waals surface area (Å²) in [4.78, 5) is 5.51. The van der Waals surface area contributed by atoms with Crippen LogP contribution in [0, 0.1) is 5.92 Å². The maximum Gasteiger partial charge on any atom is 0.0530 e. The highest BCUT2D eigenvalue weighted by atomic mass is 15.2. The van der Waals surface area contributed by atoms with Crippen LogP contribution in [0.2, 0.25) is 0 Å². The number of rotatable bonds is 3. The molecule has 1 saturated carbocycles. The summed E-state index contributed by atoms with van der Waals surface area (Å²) in [5.74, 6) is 0.623. The number of hydrogen-bond donors (Lipinski definition) is 0. The van der Waals surface area contributed by atoms with Crippen LogP contribution >= 0.6 is 0 Å². The number of likely N-dealkylation sites (tertiary alicyclic amines) is 1. The van der Waals surface area contributed by atoms with Crippen molar-refractivity contribution >= 4 is 0 Å². The Morgan fingerprint density at radius 2 is 2.11 bits per heavy atom. The molecule has 1 aliphatic heterocycles. The van der Waals surface area contributed by atoms with Gasteiger partial charge in [-0.3, -0.25) is 4.90 Å². The minimum absolute atomic E-state index is 0.178. The van der Waals surface area contributed by atoms with Gasteiger partial charge in [0.25, 0.3) is 0 Å². The second-order valence-electron chi connectivity index (χ2n) is 5.41. The van der Waals surface area contributed by atoms with Crippen molar-refractivity contribution < 1.29 is 0 Å². The molecular weight excluding hydrogens is 224 g/mol. The maximum atomic E-state index is 8.66. The first-order valence-electron chi connectivity index (χ1n) is 6.69. The lowest BCUT2D eigenvalue weighted by Gasteiger charge is -2.36. The van der Waals surface area contributed by atoms with Gasteiger partial charge in [-0.2, -0.15) is 0 Å². The summed E-state index contributed by atoms with van der Waals surface area (Å²) in [5.41, 5.74) is 10.0. The molecule has 2 bridgehead atoms. The van der Waals surface area contributed by atoms with E-state index in [1.54, 1.807) is 0 Å². The lowest BCUT2D eigenvalue weighted by atomic mass is 9.94. The van der Waals surface area contributed by atoms with Gasteiger partial charge in [-0.15, -0.1) is 0 Å². The Morgan fingerprint density at radius 3 is 2.89 bits per heavy atom. The van der Waals surface area contributed by atoms with Crippen LogP contribution in [0.1, 0.15) is 24.8 Å². The minimum atomic E-state index is 0.178. The highest BCUT2D eigenvalue weighted by Crippen LogP contribution is 2.38. The van der Waals surface area contributed by atoms with Crippen molar-refractivity contribution in [3.8, 4) is 0 Å². The zero-order chi connectivity index (χ0) is 12.4. The predicted molar refractivity (Wildman–Crippen MR) is 70.9 cm³/mol. The molecule has 4 heteroatoms. The van der Waals surface area contributed by atoms with Gasteiger partial charge in [0, 0.05) is 24.0 Å². The Morgan fingerprint density at radius 1 is 1.28 bits per heavy atom. The van der Waals surface area contributed by atoms with Crippen LogP contribution in [0.4, 0.5) is 0 Å². The first-order valence-corrected chi connectivity index (χ1v) is 6.69. The smallest absolute Gasteiger partial charge is 0.0530 e. The number of fused-ring (bicyclic) bond motifs is 2. The van der Waals surface area contributed by atoms with Crippen LogP contribution in [0.15, 0.2) is 35.4 Å². The molecule has 0 radical (unpaired) electrons. The van der Waals surface area contributed by atoms with E-state index in [-0.39, 0.29) is 6.04 Å². The quantitative estimate of drug-likeness (QED) is 0.455. The molecule has 3 rings (SSSR count). The molecule has 3 unspecified atom stereocenters. The number of nitrogens with zero attached hydrogens (tertiary/aromatic N) is 4. The van der Waals surface area contributed by atoms with Gasteiger partial charge in [-0.05, 0) is 36.3 Å². The van der Waals surface area contributed by atoms with Gasteiger partial charge >= 0.3 is 0 Å². The van der Waals surface area contributed by atoms with Crippen LogP contribution in [0.25, 0.3) is 10.4 Å². The molecule has 0 spiro atoms. The molecule has 0 amide bonds. The summed E-state index contributed by atoms with van der Waals surface area (Å²) in [6.07, 6.45) is 3.69. The molecule has 2 aliphatic rings. The van der Waals surface area contributed by atoms with E-state index < -0.39 is 0 Å². The largest absolute Gasteiger partial charge is 0.296 e. The molecule has 2 fully saturated rings. The molecule has 1 aliphatic carbocycles. The van der Waals surface area contributed by atoms with E-state index in [2.05, 4.69) is 39.2 Å². The van der Waals surface area contributed by atoms with E-state index in [0.717, 1.165) is 13.1 Å². The topological polar surface area (TPSA) is 52.0 Å². The van der Waals surface area contributed by atoms with E-state index in [1.807, 2.05) is 6.07 Å². The molecule has 18 heavy (non-hydrogen) atoms. The van der Waals surface area contributed by atoms with Gasteiger partial charge in [0.05, 0.1) is 6.04 Å². The zero-order valence-electron chi connectivity index (χ0n) is 10.4. The van der Waals surface area contributed by atoms with E-state index in [0.29, 0.717) is 12.0 Å². The van der Waals surface area contributed by atoms with Gasteiger partial charge in [0.2, 0.25) is 0 Å². The molecule has 3 atom stereocenters. The van der Waals surface area contributed by atoms with Crippen molar-refractivity contribution in [2.45, 2.75) is 37.9 Å². The van der Waals surface area contributed by atoms with Crippen LogP contribution in [-0.2, 0) is 6.54 Å². The normalized spacial score (nSPS) is 31.0. The fourth-order valence-corrected chi connectivity index (χ4v) is 3.42. The average Bonchev–Trinajstić information content (AvgIpc) is 2.82. The molecular formula is C14H18N4. The van der Waals surface area contributed by atoms with Gasteiger partial charge in [0.1, 0.15) is 0 Å². The monoisotopic (exact) mass is 242 g/mol. The Kier molecular flexibility index (Phi) is 3.22. The number of hydrogen-bond acceptors (Lipinski definition) is 2. The summed E-state index contributed by atoms with van der Waals surface area (Å²) < 4.78 is 0. The van der Waals surface area contributed by atoms with Crippen molar-refractivity contribution in [1.29, 1.82) is 0 Å². The molecule has 1 heterocycles. The first kappa shape index (κ1) is 11.6. The Bertz CT molecular complexity index is 452. The molecule has 0 N–H and O–H groups in total. The molecule has 1 saturated heterocycles. The first-order chi connectivity index (χ1) is 8.86. The summed E-state index contributed by atoms with van der Waals surface area (Å²) in [5, 5.41) is 3.99. The Balaban J connectivity index is 1.74. The molecule has 1 aromatic rings. The standard InChI is InChI=1S/C14H18N4/c15-17-16-14-10-18(13-7-6-12(14)8-13)9-11-4-2-1-3-5-11/h1-5,12-14H,6-10H2. The highest BCUT2D eigenvalue weighted by Gasteiger charge is 2.39. The van der Waals surface area contributed by atoms with Crippen LogP contribution in [-0.4, -0.2) is 23.5 Å². The molecule has 1 aromatic carbocycles. The Labute approximate surface area is 107 Å².